The van der Waals surface area contributed by atoms with Crippen LogP contribution in [0.3, 0.4) is 0 Å². The van der Waals surface area contributed by atoms with Crippen LogP contribution in [0.4, 0.5) is 10.1 Å². The molecule has 0 atom stereocenters. The van der Waals surface area contributed by atoms with Crippen LogP contribution < -0.4 is 4.90 Å². The van der Waals surface area contributed by atoms with Crippen LogP contribution in [0, 0.1) is 17.1 Å². The molecule has 0 radical (unpaired) electrons. The first-order valence-corrected chi connectivity index (χ1v) is 6.14. The lowest BCUT2D eigenvalue weighted by Gasteiger charge is -2.17. The molecule has 0 heterocycles. The molecule has 0 fully saturated rings. The fourth-order valence-corrected chi connectivity index (χ4v) is 1.89. The highest BCUT2D eigenvalue weighted by Crippen LogP contribution is 2.20. The normalized spacial score (nSPS) is 9.90. The van der Waals surface area contributed by atoms with Gasteiger partial charge < -0.3 is 4.90 Å². The third kappa shape index (κ3) is 2.79. The van der Waals surface area contributed by atoms with Crippen LogP contribution in [0.5, 0.6) is 0 Å². The molecule has 0 saturated heterocycles. The van der Waals surface area contributed by atoms with Crippen LogP contribution in [0.25, 0.3) is 0 Å². The SMILES string of the molecule is CN(C(=O)c1cc(Cl)ccc1F)c1ccc(C#N)cc1. The van der Waals surface area contributed by atoms with Crippen LogP contribution >= 0.6 is 11.6 Å². The molecular formula is C15H10ClFN2O. The Balaban J connectivity index is 2.32. The van der Waals surface area contributed by atoms with Crippen molar-refractivity contribution >= 4 is 23.2 Å². The second-order valence-electron chi connectivity index (χ2n) is 4.15. The van der Waals surface area contributed by atoms with Crippen molar-refractivity contribution in [1.82, 2.24) is 0 Å². The molecule has 2 aromatic carbocycles. The summed E-state index contributed by atoms with van der Waals surface area (Å²) >= 11 is 5.78. The number of hydrogen-bond donors (Lipinski definition) is 0. The topological polar surface area (TPSA) is 44.1 Å². The Hall–Kier alpha value is -2.38. The Kier molecular flexibility index (Phi) is 4.02. The molecule has 0 saturated carbocycles. The molecule has 0 N–H and O–H groups in total. The predicted octanol–water partition coefficient (Wildman–Crippen LogP) is 3.63. The van der Waals surface area contributed by atoms with Gasteiger partial charge in [0.25, 0.3) is 5.91 Å². The molecule has 0 unspecified atom stereocenters. The summed E-state index contributed by atoms with van der Waals surface area (Å²) in [4.78, 5) is 13.5. The van der Waals surface area contributed by atoms with Gasteiger partial charge >= 0.3 is 0 Å². The Labute approximate surface area is 120 Å². The van der Waals surface area contributed by atoms with Gasteiger partial charge in [-0.15, -0.1) is 0 Å². The van der Waals surface area contributed by atoms with Gasteiger partial charge in [-0.2, -0.15) is 5.26 Å². The van der Waals surface area contributed by atoms with E-state index in [1.807, 2.05) is 6.07 Å². The van der Waals surface area contributed by atoms with Gasteiger partial charge in [-0.05, 0) is 42.5 Å². The van der Waals surface area contributed by atoms with E-state index in [0.717, 1.165) is 6.07 Å². The van der Waals surface area contributed by atoms with Gasteiger partial charge in [0.1, 0.15) is 5.82 Å². The average molecular weight is 289 g/mol. The van der Waals surface area contributed by atoms with E-state index < -0.39 is 11.7 Å². The standard InChI is InChI=1S/C15H10ClFN2O/c1-19(12-5-2-10(9-18)3-6-12)15(20)13-8-11(16)4-7-14(13)17/h2-8H,1H3. The van der Waals surface area contributed by atoms with E-state index in [1.165, 1.54) is 24.1 Å². The van der Waals surface area contributed by atoms with E-state index in [1.54, 1.807) is 24.3 Å². The van der Waals surface area contributed by atoms with Gasteiger partial charge in [-0.1, -0.05) is 11.6 Å². The molecule has 2 aromatic rings. The predicted molar refractivity (Wildman–Crippen MR) is 75.3 cm³/mol. The minimum Gasteiger partial charge on any atom is -0.311 e. The summed E-state index contributed by atoms with van der Waals surface area (Å²) in [6, 6.07) is 12.2. The zero-order chi connectivity index (χ0) is 14.7. The summed E-state index contributed by atoms with van der Waals surface area (Å²) in [5, 5.41) is 9.02. The molecule has 0 aliphatic heterocycles. The molecule has 1 amide bonds. The second kappa shape index (κ2) is 5.72. The number of benzene rings is 2. The molecule has 20 heavy (non-hydrogen) atoms. The summed E-state index contributed by atoms with van der Waals surface area (Å²) < 4.78 is 13.7. The summed E-state index contributed by atoms with van der Waals surface area (Å²) in [6.07, 6.45) is 0. The largest absolute Gasteiger partial charge is 0.311 e. The monoisotopic (exact) mass is 288 g/mol. The first kappa shape index (κ1) is 14.0. The van der Waals surface area contributed by atoms with E-state index in [4.69, 9.17) is 16.9 Å². The third-order valence-corrected chi connectivity index (χ3v) is 3.08. The zero-order valence-electron chi connectivity index (χ0n) is 10.6. The highest BCUT2D eigenvalue weighted by atomic mass is 35.5. The Morgan fingerprint density at radius 2 is 1.90 bits per heavy atom. The zero-order valence-corrected chi connectivity index (χ0v) is 11.4. The third-order valence-electron chi connectivity index (χ3n) is 2.85. The van der Waals surface area contributed by atoms with Crippen molar-refractivity contribution in [3.8, 4) is 6.07 Å². The van der Waals surface area contributed by atoms with Crippen molar-refractivity contribution in [1.29, 1.82) is 5.26 Å². The van der Waals surface area contributed by atoms with Gasteiger partial charge in [0.15, 0.2) is 0 Å². The minimum absolute atomic E-state index is 0.0932. The lowest BCUT2D eigenvalue weighted by molar-refractivity contribution is 0.0989. The molecule has 2 rings (SSSR count). The maximum atomic E-state index is 13.7. The highest BCUT2D eigenvalue weighted by molar-refractivity contribution is 6.31. The number of carbonyl (C=O) groups is 1. The Bertz CT molecular complexity index is 692. The summed E-state index contributed by atoms with van der Waals surface area (Å²) in [7, 11) is 1.53. The number of carbonyl (C=O) groups excluding carboxylic acids is 1. The van der Waals surface area contributed by atoms with E-state index in [9.17, 15) is 9.18 Å². The minimum atomic E-state index is -0.625. The van der Waals surface area contributed by atoms with E-state index >= 15 is 0 Å². The van der Waals surface area contributed by atoms with Gasteiger partial charge in [-0.3, -0.25) is 4.79 Å². The van der Waals surface area contributed by atoms with Crippen molar-refractivity contribution < 1.29 is 9.18 Å². The van der Waals surface area contributed by atoms with Crippen LogP contribution in [0.1, 0.15) is 15.9 Å². The quantitative estimate of drug-likeness (QED) is 0.847. The van der Waals surface area contributed by atoms with Gasteiger partial charge in [0, 0.05) is 17.8 Å². The van der Waals surface area contributed by atoms with Crippen LogP contribution in [-0.4, -0.2) is 13.0 Å². The second-order valence-corrected chi connectivity index (χ2v) is 4.58. The number of rotatable bonds is 2. The molecule has 0 aromatic heterocycles. The summed E-state index contributed by atoms with van der Waals surface area (Å²) in [6.45, 7) is 0. The van der Waals surface area contributed by atoms with Crippen molar-refractivity contribution in [3.05, 3.63) is 64.4 Å². The lowest BCUT2D eigenvalue weighted by Crippen LogP contribution is -2.27. The van der Waals surface area contributed by atoms with Crippen molar-refractivity contribution in [3.63, 3.8) is 0 Å². The van der Waals surface area contributed by atoms with E-state index in [0.29, 0.717) is 16.3 Å². The van der Waals surface area contributed by atoms with Gasteiger partial charge in [-0.25, -0.2) is 4.39 Å². The number of hydrogen-bond acceptors (Lipinski definition) is 2. The van der Waals surface area contributed by atoms with Crippen molar-refractivity contribution in [2.24, 2.45) is 0 Å². The van der Waals surface area contributed by atoms with Crippen molar-refractivity contribution in [2.45, 2.75) is 0 Å². The maximum Gasteiger partial charge on any atom is 0.261 e. The van der Waals surface area contributed by atoms with Gasteiger partial charge in [0.05, 0.1) is 17.2 Å². The highest BCUT2D eigenvalue weighted by Gasteiger charge is 2.17. The number of amides is 1. The van der Waals surface area contributed by atoms with E-state index in [-0.39, 0.29) is 5.56 Å². The fraction of sp³-hybridized carbons (Fsp3) is 0.0667. The number of nitrogens with zero attached hydrogens (tertiary/aromatic N) is 2. The van der Waals surface area contributed by atoms with Crippen LogP contribution in [0.2, 0.25) is 5.02 Å². The first-order chi connectivity index (χ1) is 9.52. The van der Waals surface area contributed by atoms with Gasteiger partial charge in [0.2, 0.25) is 0 Å². The Morgan fingerprint density at radius 1 is 1.25 bits per heavy atom. The summed E-state index contributed by atoms with van der Waals surface area (Å²) in [5.74, 6) is -1.13. The molecule has 5 heteroatoms. The lowest BCUT2D eigenvalue weighted by atomic mass is 10.1. The smallest absolute Gasteiger partial charge is 0.261 e. The maximum absolute atomic E-state index is 13.7. The van der Waals surface area contributed by atoms with E-state index in [2.05, 4.69) is 0 Å². The first-order valence-electron chi connectivity index (χ1n) is 5.76. The van der Waals surface area contributed by atoms with Crippen LogP contribution in [0.15, 0.2) is 42.5 Å². The molecule has 0 aliphatic rings. The van der Waals surface area contributed by atoms with Crippen molar-refractivity contribution in [2.75, 3.05) is 11.9 Å². The summed E-state index contributed by atoms with van der Waals surface area (Å²) in [5.41, 5.74) is 0.960. The molecule has 0 spiro atoms. The Morgan fingerprint density at radius 3 is 2.50 bits per heavy atom. The molecular weight excluding hydrogens is 279 g/mol. The molecule has 0 aliphatic carbocycles. The molecule has 100 valence electrons. The fourth-order valence-electron chi connectivity index (χ4n) is 1.72. The number of nitriles is 1. The molecule has 3 nitrogen and oxygen atoms in total. The number of halogens is 2. The van der Waals surface area contributed by atoms with Crippen LogP contribution in [-0.2, 0) is 0 Å². The molecule has 0 bridgehead atoms. The number of anilines is 1. The average Bonchev–Trinajstić information content (AvgIpc) is 2.48.